The second-order valence-corrected chi connectivity index (χ2v) is 6.58. The molecular formula is C21H21FN2O3S. The lowest BCUT2D eigenvalue weighted by Crippen LogP contribution is -2.31. The minimum atomic E-state index is -0.517. The third-order valence-corrected chi connectivity index (χ3v) is 4.51. The number of benzene rings is 2. The number of nitrogens with zero attached hydrogens (tertiary/aromatic N) is 1. The lowest BCUT2D eigenvalue weighted by atomic mass is 10.1. The number of hydrogen-bond acceptors (Lipinski definition) is 4. The van der Waals surface area contributed by atoms with Crippen molar-refractivity contribution in [3.8, 4) is 11.5 Å². The molecule has 1 fully saturated rings. The van der Waals surface area contributed by atoms with Crippen molar-refractivity contribution in [2.24, 2.45) is 0 Å². The van der Waals surface area contributed by atoms with Crippen molar-refractivity contribution >= 4 is 35.0 Å². The zero-order chi connectivity index (χ0) is 20.1. The van der Waals surface area contributed by atoms with Crippen molar-refractivity contribution < 1.29 is 18.7 Å². The number of carbonyl (C=O) groups excluding carboxylic acids is 1. The maximum absolute atomic E-state index is 14.1. The summed E-state index contributed by atoms with van der Waals surface area (Å²) in [5, 5.41) is 2.98. The Morgan fingerprint density at radius 1 is 1.21 bits per heavy atom. The maximum atomic E-state index is 14.1. The quantitative estimate of drug-likeness (QED) is 0.427. The lowest BCUT2D eigenvalue weighted by Gasteiger charge is -2.14. The fourth-order valence-electron chi connectivity index (χ4n) is 2.77. The Labute approximate surface area is 168 Å². The molecule has 1 aliphatic rings. The van der Waals surface area contributed by atoms with Gasteiger partial charge in [0, 0.05) is 0 Å². The minimum absolute atomic E-state index is 0.116. The van der Waals surface area contributed by atoms with Gasteiger partial charge in [0.25, 0.3) is 5.91 Å². The highest BCUT2D eigenvalue weighted by Gasteiger charge is 2.33. The first kappa shape index (κ1) is 19.8. The zero-order valence-corrected chi connectivity index (χ0v) is 16.5. The van der Waals surface area contributed by atoms with Crippen LogP contribution in [-0.2, 0) is 4.79 Å². The van der Waals surface area contributed by atoms with Gasteiger partial charge in [-0.25, -0.2) is 9.29 Å². The van der Waals surface area contributed by atoms with Gasteiger partial charge in [-0.05, 0) is 54.5 Å². The lowest BCUT2D eigenvalue weighted by molar-refractivity contribution is -0.113. The summed E-state index contributed by atoms with van der Waals surface area (Å²) < 4.78 is 25.2. The van der Waals surface area contributed by atoms with E-state index in [1.165, 1.54) is 12.1 Å². The highest BCUT2D eigenvalue weighted by Crippen LogP contribution is 2.30. The van der Waals surface area contributed by atoms with Crippen LogP contribution < -0.4 is 19.7 Å². The third kappa shape index (κ3) is 4.14. The summed E-state index contributed by atoms with van der Waals surface area (Å²) in [7, 11) is 1.56. The van der Waals surface area contributed by atoms with E-state index >= 15 is 0 Å². The van der Waals surface area contributed by atoms with Crippen LogP contribution in [0.25, 0.3) is 6.08 Å². The molecule has 1 aliphatic heterocycles. The van der Waals surface area contributed by atoms with E-state index in [1.54, 1.807) is 37.5 Å². The second kappa shape index (κ2) is 8.84. The maximum Gasteiger partial charge on any atom is 0.281 e. The summed E-state index contributed by atoms with van der Waals surface area (Å²) in [5.41, 5.74) is 1.11. The van der Waals surface area contributed by atoms with Gasteiger partial charge >= 0.3 is 0 Å². The molecule has 0 aliphatic carbocycles. The van der Waals surface area contributed by atoms with Crippen LogP contribution in [0.3, 0.4) is 0 Å². The van der Waals surface area contributed by atoms with Gasteiger partial charge in [-0.15, -0.1) is 0 Å². The molecule has 1 N–H and O–H groups in total. The largest absolute Gasteiger partial charge is 0.493 e. The van der Waals surface area contributed by atoms with Crippen LogP contribution in [0.1, 0.15) is 25.3 Å². The molecule has 28 heavy (non-hydrogen) atoms. The molecule has 2 aromatic rings. The van der Waals surface area contributed by atoms with Crippen LogP contribution in [0.4, 0.5) is 10.1 Å². The molecule has 7 heteroatoms. The van der Waals surface area contributed by atoms with Gasteiger partial charge in [0.1, 0.15) is 11.5 Å². The van der Waals surface area contributed by atoms with E-state index in [0.29, 0.717) is 18.1 Å². The van der Waals surface area contributed by atoms with E-state index < -0.39 is 11.7 Å². The number of thiocarbonyl (C=S) groups is 1. The monoisotopic (exact) mass is 400 g/mol. The highest BCUT2D eigenvalue weighted by molar-refractivity contribution is 7.80. The van der Waals surface area contributed by atoms with Crippen LogP contribution >= 0.6 is 12.2 Å². The highest BCUT2D eigenvalue weighted by atomic mass is 32.1. The molecule has 0 radical (unpaired) electrons. The number of rotatable bonds is 7. The molecule has 5 nitrogen and oxygen atoms in total. The van der Waals surface area contributed by atoms with Crippen LogP contribution in [-0.4, -0.2) is 24.7 Å². The molecule has 146 valence electrons. The van der Waals surface area contributed by atoms with Gasteiger partial charge in [-0.3, -0.25) is 4.79 Å². The SMILES string of the molecule is CCCCOc1ccc(/C=C2\NC(=S)N(c3ccccc3F)C2=O)cc1OC. The first-order valence-electron chi connectivity index (χ1n) is 8.97. The van der Waals surface area contributed by atoms with Crippen molar-refractivity contribution in [3.05, 3.63) is 59.5 Å². The van der Waals surface area contributed by atoms with Gasteiger partial charge in [0.05, 0.1) is 19.4 Å². The number of ether oxygens (including phenoxy) is 2. The molecule has 1 amide bonds. The Morgan fingerprint density at radius 2 is 2.00 bits per heavy atom. The topological polar surface area (TPSA) is 50.8 Å². The molecule has 0 atom stereocenters. The average Bonchev–Trinajstić information content (AvgIpc) is 2.96. The van der Waals surface area contributed by atoms with Crippen molar-refractivity contribution in [1.29, 1.82) is 0 Å². The molecular weight excluding hydrogens is 379 g/mol. The van der Waals surface area contributed by atoms with Crippen LogP contribution in [0.2, 0.25) is 0 Å². The van der Waals surface area contributed by atoms with Crippen LogP contribution in [0.5, 0.6) is 11.5 Å². The Hall–Kier alpha value is -2.93. The number of carbonyl (C=O) groups is 1. The molecule has 0 bridgehead atoms. The summed E-state index contributed by atoms with van der Waals surface area (Å²) in [6.07, 6.45) is 3.64. The number of unbranched alkanes of at least 4 members (excludes halogenated alkanes) is 1. The molecule has 3 rings (SSSR count). The van der Waals surface area contributed by atoms with E-state index in [9.17, 15) is 9.18 Å². The number of methoxy groups -OCH3 is 1. The van der Waals surface area contributed by atoms with Gasteiger partial charge in [-0.1, -0.05) is 31.5 Å². The first-order valence-corrected chi connectivity index (χ1v) is 9.38. The molecule has 1 saturated heterocycles. The molecule has 2 aromatic carbocycles. The van der Waals surface area contributed by atoms with Crippen LogP contribution in [0, 0.1) is 5.82 Å². The smallest absolute Gasteiger partial charge is 0.281 e. The summed E-state index contributed by atoms with van der Waals surface area (Å²) in [4.78, 5) is 13.9. The molecule has 1 heterocycles. The number of hydrogen-bond donors (Lipinski definition) is 1. The number of anilines is 1. The third-order valence-electron chi connectivity index (χ3n) is 4.23. The molecule has 0 unspecified atom stereocenters. The summed E-state index contributed by atoms with van der Waals surface area (Å²) >= 11 is 5.22. The van der Waals surface area contributed by atoms with Gasteiger partial charge in [-0.2, -0.15) is 0 Å². The number of para-hydroxylation sites is 1. The van der Waals surface area contributed by atoms with Crippen LogP contribution in [0.15, 0.2) is 48.2 Å². The Morgan fingerprint density at radius 3 is 2.71 bits per heavy atom. The van der Waals surface area contributed by atoms with E-state index in [4.69, 9.17) is 21.7 Å². The number of nitrogens with one attached hydrogen (secondary N) is 1. The minimum Gasteiger partial charge on any atom is -0.493 e. The standard InChI is InChI=1S/C21H21FN2O3S/c1-3-4-11-27-18-10-9-14(13-19(18)26-2)12-16-20(25)24(21(28)23-16)17-8-6-5-7-15(17)22/h5-10,12-13H,3-4,11H2,1-2H3,(H,23,28)/b16-12-. The fraction of sp³-hybridized carbons (Fsp3) is 0.238. The molecule has 0 aromatic heterocycles. The summed E-state index contributed by atoms with van der Waals surface area (Å²) in [5.74, 6) is 0.283. The van der Waals surface area contributed by atoms with Crippen molar-refractivity contribution in [3.63, 3.8) is 0 Å². The predicted octanol–water partition coefficient (Wildman–Crippen LogP) is 4.28. The van der Waals surface area contributed by atoms with Gasteiger partial charge < -0.3 is 14.8 Å². The van der Waals surface area contributed by atoms with E-state index in [2.05, 4.69) is 12.2 Å². The number of halogens is 1. The fourth-order valence-corrected chi connectivity index (χ4v) is 3.06. The van der Waals surface area contributed by atoms with Crippen molar-refractivity contribution in [2.75, 3.05) is 18.6 Å². The second-order valence-electron chi connectivity index (χ2n) is 6.19. The predicted molar refractivity (Wildman–Crippen MR) is 111 cm³/mol. The summed E-state index contributed by atoms with van der Waals surface area (Å²) in [6, 6.07) is 11.4. The first-order chi connectivity index (χ1) is 13.5. The van der Waals surface area contributed by atoms with E-state index in [0.717, 1.165) is 23.3 Å². The van der Waals surface area contributed by atoms with Gasteiger partial charge in [0.15, 0.2) is 16.6 Å². The van der Waals surface area contributed by atoms with E-state index in [-0.39, 0.29) is 16.5 Å². The van der Waals surface area contributed by atoms with Gasteiger partial charge in [0.2, 0.25) is 0 Å². The Bertz CT molecular complexity index is 930. The van der Waals surface area contributed by atoms with E-state index in [1.807, 2.05) is 6.07 Å². The molecule has 0 saturated carbocycles. The normalized spacial score (nSPS) is 15.1. The van der Waals surface area contributed by atoms with Crippen molar-refractivity contribution in [2.45, 2.75) is 19.8 Å². The number of amides is 1. The summed E-state index contributed by atoms with van der Waals surface area (Å²) in [6.45, 7) is 2.70. The Balaban J connectivity index is 1.85. The van der Waals surface area contributed by atoms with Crippen molar-refractivity contribution in [1.82, 2.24) is 5.32 Å². The zero-order valence-electron chi connectivity index (χ0n) is 15.7. The molecule has 0 spiro atoms. The average molecular weight is 400 g/mol. The Kier molecular flexibility index (Phi) is 6.26.